The van der Waals surface area contributed by atoms with Gasteiger partial charge in [0.1, 0.15) is 11.2 Å². The summed E-state index contributed by atoms with van der Waals surface area (Å²) in [5.74, 6) is 0. The molecule has 238 valence electrons. The molecule has 0 aliphatic rings. The molecular weight excluding hydrogens is 617 g/mol. The summed E-state index contributed by atoms with van der Waals surface area (Å²) in [6.45, 7) is 0. The fourth-order valence-corrected chi connectivity index (χ4v) is 7.85. The Hall–Kier alpha value is -6.77. The number of hydrogen-bond acceptors (Lipinski definition) is 0. The fraction of sp³-hybridized carbons (Fsp3) is 0. The molecule has 0 aliphatic carbocycles. The molecule has 0 saturated carbocycles. The van der Waals surface area contributed by atoms with Gasteiger partial charge in [0.2, 0.25) is 11.9 Å². The third kappa shape index (κ3) is 4.92. The van der Waals surface area contributed by atoms with E-state index >= 15 is 0 Å². The predicted octanol–water partition coefficient (Wildman–Crippen LogP) is 12.4. The highest BCUT2D eigenvalue weighted by atomic mass is 15.4. The van der Waals surface area contributed by atoms with Crippen LogP contribution in [0.25, 0.3) is 88.0 Å². The molecule has 0 spiro atoms. The highest BCUT2D eigenvalue weighted by Gasteiger charge is 2.21. The first kappa shape index (κ1) is 29.2. The van der Waals surface area contributed by atoms with Gasteiger partial charge in [-0.25, -0.2) is 0 Å². The van der Waals surface area contributed by atoms with Crippen molar-refractivity contribution in [1.29, 1.82) is 0 Å². The van der Waals surface area contributed by atoms with Crippen molar-refractivity contribution in [1.82, 2.24) is 4.68 Å². The van der Waals surface area contributed by atoms with Crippen LogP contribution < -0.4 is 4.68 Å². The van der Waals surface area contributed by atoms with Crippen molar-refractivity contribution in [3.05, 3.63) is 200 Å². The largest absolute Gasteiger partial charge is 0.236 e. The molecule has 0 bridgehead atoms. The first-order chi connectivity index (χ1) is 25.3. The lowest BCUT2D eigenvalue weighted by Crippen LogP contribution is -2.39. The number of benzene rings is 9. The minimum atomic E-state index is 1.11. The maximum Gasteiger partial charge on any atom is 0.236 e. The molecule has 1 aromatic heterocycles. The van der Waals surface area contributed by atoms with Crippen LogP contribution in [0.4, 0.5) is 0 Å². The maximum atomic E-state index is 2.40. The van der Waals surface area contributed by atoms with E-state index in [-0.39, 0.29) is 0 Å². The van der Waals surface area contributed by atoms with E-state index in [9.17, 15) is 0 Å². The number of nitrogens with zero attached hydrogens (tertiary/aromatic N) is 2. The molecule has 2 heteroatoms. The number of fused-ring (bicyclic) bond motifs is 4. The summed E-state index contributed by atoms with van der Waals surface area (Å²) in [5.41, 5.74) is 10.8. The number of para-hydroxylation sites is 2. The van der Waals surface area contributed by atoms with Crippen molar-refractivity contribution in [3.63, 3.8) is 0 Å². The SMILES string of the molecule is c1ccc(-c2c3ccccc3c(-c3ccc4ccccc4c3)c3ccc(-c4ccc(-n5c6ccccc6c[n+]5-c5ccccc5)cc4)cc23)cc1. The van der Waals surface area contributed by atoms with Crippen LogP contribution in [0, 0.1) is 0 Å². The molecule has 10 aromatic rings. The molecule has 2 nitrogen and oxygen atoms in total. The van der Waals surface area contributed by atoms with Crippen LogP contribution in [-0.2, 0) is 0 Å². The van der Waals surface area contributed by atoms with Crippen molar-refractivity contribution >= 4 is 43.2 Å². The molecule has 51 heavy (non-hydrogen) atoms. The highest BCUT2D eigenvalue weighted by Crippen LogP contribution is 2.45. The second-order valence-corrected chi connectivity index (χ2v) is 13.2. The first-order valence-electron chi connectivity index (χ1n) is 17.5. The topological polar surface area (TPSA) is 8.81 Å². The van der Waals surface area contributed by atoms with Crippen molar-refractivity contribution in [2.24, 2.45) is 0 Å². The Morgan fingerprint density at radius 2 is 0.902 bits per heavy atom. The van der Waals surface area contributed by atoms with E-state index in [4.69, 9.17) is 0 Å². The molecule has 0 N–H and O–H groups in total. The lowest BCUT2D eigenvalue weighted by molar-refractivity contribution is -0.672. The van der Waals surface area contributed by atoms with E-state index in [0.717, 1.165) is 11.4 Å². The minimum absolute atomic E-state index is 1.11. The molecule has 0 radical (unpaired) electrons. The van der Waals surface area contributed by atoms with Gasteiger partial charge in [-0.15, -0.1) is 4.68 Å². The monoisotopic (exact) mass is 649 g/mol. The van der Waals surface area contributed by atoms with Crippen LogP contribution in [0.5, 0.6) is 0 Å². The van der Waals surface area contributed by atoms with Gasteiger partial charge in [0, 0.05) is 12.1 Å². The molecular formula is C49H33N2+. The van der Waals surface area contributed by atoms with Crippen LogP contribution in [0.15, 0.2) is 200 Å². The van der Waals surface area contributed by atoms with Crippen molar-refractivity contribution < 1.29 is 4.68 Å². The van der Waals surface area contributed by atoms with Crippen LogP contribution in [-0.4, -0.2) is 4.68 Å². The standard InChI is InChI=1S/C49H33N2/c1-3-14-36(15-4-1)48-43-20-10-11-21-44(43)49(39-24-23-34-13-7-8-16-37(34)31-39)45-30-27-38(32-46(45)48)35-25-28-42(29-26-35)51-47-22-12-9-17-40(47)33-50(51)41-18-5-2-6-19-41/h1-33H/q+1. The van der Waals surface area contributed by atoms with Gasteiger partial charge in [-0.05, 0) is 102 Å². The van der Waals surface area contributed by atoms with Gasteiger partial charge in [-0.1, -0.05) is 150 Å². The molecule has 0 saturated heterocycles. The molecule has 1 heterocycles. The Morgan fingerprint density at radius 1 is 0.333 bits per heavy atom. The molecule has 0 aliphatic heterocycles. The van der Waals surface area contributed by atoms with Gasteiger partial charge in [-0.2, -0.15) is 0 Å². The highest BCUT2D eigenvalue weighted by molar-refractivity contribution is 6.22. The van der Waals surface area contributed by atoms with Crippen molar-refractivity contribution in [2.45, 2.75) is 0 Å². The number of rotatable bonds is 5. The summed E-state index contributed by atoms with van der Waals surface area (Å²) in [6, 6.07) is 70.4. The van der Waals surface area contributed by atoms with E-state index in [2.05, 4.69) is 210 Å². The lowest BCUT2D eigenvalue weighted by atomic mass is 9.84. The summed E-state index contributed by atoms with van der Waals surface area (Å²) >= 11 is 0. The zero-order valence-corrected chi connectivity index (χ0v) is 27.9. The molecule has 10 rings (SSSR count). The van der Waals surface area contributed by atoms with Crippen molar-refractivity contribution in [3.8, 4) is 44.8 Å². The van der Waals surface area contributed by atoms with E-state index < -0.39 is 0 Å². The van der Waals surface area contributed by atoms with Gasteiger partial charge in [-0.3, -0.25) is 0 Å². The Bertz CT molecular complexity index is 2880. The Labute approximate surface area is 296 Å². The average Bonchev–Trinajstić information content (AvgIpc) is 3.60. The summed E-state index contributed by atoms with van der Waals surface area (Å²) in [4.78, 5) is 0. The lowest BCUT2D eigenvalue weighted by Gasteiger charge is -2.19. The number of hydrogen-bond donors (Lipinski definition) is 0. The zero-order chi connectivity index (χ0) is 33.7. The number of aromatic nitrogens is 2. The average molecular weight is 650 g/mol. The first-order valence-corrected chi connectivity index (χ1v) is 17.5. The van der Waals surface area contributed by atoms with Crippen LogP contribution in [0.2, 0.25) is 0 Å². The Balaban J connectivity index is 1.17. The minimum Gasteiger partial charge on any atom is -0.115 e. The van der Waals surface area contributed by atoms with E-state index in [1.54, 1.807) is 0 Å². The second kappa shape index (κ2) is 12.0. The van der Waals surface area contributed by atoms with Crippen molar-refractivity contribution in [2.75, 3.05) is 0 Å². The third-order valence-corrected chi connectivity index (χ3v) is 10.2. The Morgan fingerprint density at radius 3 is 1.67 bits per heavy atom. The van der Waals surface area contributed by atoms with Crippen LogP contribution in [0.3, 0.4) is 0 Å². The molecule has 0 fully saturated rings. The van der Waals surface area contributed by atoms with Gasteiger partial charge in [0.05, 0.1) is 5.39 Å². The summed E-state index contributed by atoms with van der Waals surface area (Å²) in [5, 5.41) is 8.74. The molecule has 9 aromatic carbocycles. The maximum absolute atomic E-state index is 2.40. The second-order valence-electron chi connectivity index (χ2n) is 13.2. The normalized spacial score (nSPS) is 11.5. The van der Waals surface area contributed by atoms with Gasteiger partial charge < -0.3 is 0 Å². The summed E-state index contributed by atoms with van der Waals surface area (Å²) in [7, 11) is 0. The van der Waals surface area contributed by atoms with E-state index in [0.29, 0.717) is 0 Å². The quantitative estimate of drug-likeness (QED) is 0.130. The van der Waals surface area contributed by atoms with Gasteiger partial charge >= 0.3 is 0 Å². The third-order valence-electron chi connectivity index (χ3n) is 10.2. The fourth-order valence-electron chi connectivity index (χ4n) is 7.85. The van der Waals surface area contributed by atoms with Gasteiger partial charge in [0.25, 0.3) is 0 Å². The van der Waals surface area contributed by atoms with E-state index in [1.165, 1.54) is 76.6 Å². The smallest absolute Gasteiger partial charge is 0.115 e. The van der Waals surface area contributed by atoms with Crippen LogP contribution >= 0.6 is 0 Å². The molecule has 0 amide bonds. The zero-order valence-electron chi connectivity index (χ0n) is 27.9. The van der Waals surface area contributed by atoms with E-state index in [1.807, 2.05) is 0 Å². The summed E-state index contributed by atoms with van der Waals surface area (Å²) < 4.78 is 4.53. The Kier molecular flexibility index (Phi) is 6.85. The van der Waals surface area contributed by atoms with Crippen LogP contribution in [0.1, 0.15) is 0 Å². The molecule has 0 atom stereocenters. The predicted molar refractivity (Wildman–Crippen MR) is 214 cm³/mol. The molecule has 0 unspecified atom stereocenters. The van der Waals surface area contributed by atoms with Gasteiger partial charge in [0.15, 0.2) is 0 Å². The summed E-state index contributed by atoms with van der Waals surface area (Å²) in [6.07, 6.45) is 2.21.